The summed E-state index contributed by atoms with van der Waals surface area (Å²) in [7, 11) is 1.69. The third-order valence-corrected chi connectivity index (χ3v) is 3.47. The number of hydrogen-bond acceptors (Lipinski definition) is 3. The van der Waals surface area contributed by atoms with Crippen molar-refractivity contribution in [3.8, 4) is 0 Å². The Morgan fingerprint density at radius 3 is 2.74 bits per heavy atom. The standard InChI is InChI=1S/C17H25N3O2.HI/c1-5-18-17(20-12(2)11-21-4)19-10-16-13(3)14-8-6-7-9-15(14)22-16;/h6-9,12H,5,10-11H2,1-4H3,(H2,18,19,20);1H. The quantitative estimate of drug-likeness (QED) is 0.418. The number of halogens is 1. The van der Waals surface area contributed by atoms with E-state index in [1.807, 2.05) is 25.1 Å². The average molecular weight is 431 g/mol. The molecule has 1 unspecified atom stereocenters. The lowest BCUT2D eigenvalue weighted by atomic mass is 10.1. The molecule has 0 bridgehead atoms. The molecular formula is C17H26IN3O2. The maximum absolute atomic E-state index is 5.89. The van der Waals surface area contributed by atoms with Gasteiger partial charge in [0.05, 0.1) is 6.61 Å². The Kier molecular flexibility index (Phi) is 8.40. The number of aliphatic imine (C=N–C) groups is 1. The van der Waals surface area contributed by atoms with E-state index in [-0.39, 0.29) is 30.0 Å². The Morgan fingerprint density at radius 1 is 1.35 bits per heavy atom. The van der Waals surface area contributed by atoms with E-state index < -0.39 is 0 Å². The molecule has 0 aliphatic rings. The topological polar surface area (TPSA) is 58.8 Å². The third-order valence-electron chi connectivity index (χ3n) is 3.47. The first-order valence-electron chi connectivity index (χ1n) is 7.66. The summed E-state index contributed by atoms with van der Waals surface area (Å²) in [5.74, 6) is 1.67. The normalized spacial score (nSPS) is 12.8. The number of rotatable bonds is 6. The predicted octanol–water partition coefficient (Wildman–Crippen LogP) is 3.45. The lowest BCUT2D eigenvalue weighted by molar-refractivity contribution is 0.179. The highest BCUT2D eigenvalue weighted by Gasteiger charge is 2.10. The second-order valence-corrected chi connectivity index (χ2v) is 5.34. The van der Waals surface area contributed by atoms with Crippen LogP contribution in [0.1, 0.15) is 25.2 Å². The van der Waals surface area contributed by atoms with Crippen molar-refractivity contribution in [3.05, 3.63) is 35.6 Å². The number of guanidine groups is 1. The number of nitrogens with zero attached hydrogens (tertiary/aromatic N) is 1. The van der Waals surface area contributed by atoms with Crippen LogP contribution in [0.5, 0.6) is 0 Å². The van der Waals surface area contributed by atoms with Crippen LogP contribution in [-0.2, 0) is 11.3 Å². The highest BCUT2D eigenvalue weighted by Crippen LogP contribution is 2.25. The minimum absolute atomic E-state index is 0. The Bertz CT molecular complexity index is 640. The van der Waals surface area contributed by atoms with E-state index in [2.05, 4.69) is 35.5 Å². The summed E-state index contributed by atoms with van der Waals surface area (Å²) < 4.78 is 11.0. The second kappa shape index (κ2) is 9.77. The molecule has 128 valence electrons. The van der Waals surface area contributed by atoms with Crippen LogP contribution < -0.4 is 10.6 Å². The fourth-order valence-electron chi connectivity index (χ4n) is 2.37. The van der Waals surface area contributed by atoms with Crippen LogP contribution in [-0.4, -0.2) is 32.3 Å². The molecule has 0 aliphatic carbocycles. The molecule has 1 heterocycles. The van der Waals surface area contributed by atoms with Gasteiger partial charge in [0.1, 0.15) is 17.9 Å². The monoisotopic (exact) mass is 431 g/mol. The Balaban J connectivity index is 0.00000264. The summed E-state index contributed by atoms with van der Waals surface area (Å²) in [6.07, 6.45) is 0. The van der Waals surface area contributed by atoms with Crippen LogP contribution in [0, 0.1) is 6.92 Å². The van der Waals surface area contributed by atoms with Crippen molar-refractivity contribution in [1.29, 1.82) is 0 Å². The molecule has 2 aromatic rings. The summed E-state index contributed by atoms with van der Waals surface area (Å²) in [6.45, 7) is 8.13. The van der Waals surface area contributed by atoms with E-state index in [9.17, 15) is 0 Å². The zero-order valence-corrected chi connectivity index (χ0v) is 16.5. The molecule has 5 nitrogen and oxygen atoms in total. The van der Waals surface area contributed by atoms with Gasteiger partial charge in [-0.3, -0.25) is 0 Å². The van der Waals surface area contributed by atoms with Crippen LogP contribution in [0.4, 0.5) is 0 Å². The molecule has 0 amide bonds. The maximum Gasteiger partial charge on any atom is 0.191 e. The van der Waals surface area contributed by atoms with Gasteiger partial charge >= 0.3 is 0 Å². The first-order chi connectivity index (χ1) is 10.7. The van der Waals surface area contributed by atoms with Crippen molar-refractivity contribution in [2.75, 3.05) is 20.3 Å². The van der Waals surface area contributed by atoms with E-state index >= 15 is 0 Å². The third kappa shape index (κ3) is 5.39. The van der Waals surface area contributed by atoms with Crippen molar-refractivity contribution in [3.63, 3.8) is 0 Å². The molecule has 2 N–H and O–H groups in total. The minimum Gasteiger partial charge on any atom is -0.459 e. The van der Waals surface area contributed by atoms with Crippen molar-refractivity contribution in [2.24, 2.45) is 4.99 Å². The molecule has 1 aromatic carbocycles. The number of methoxy groups -OCH3 is 1. The summed E-state index contributed by atoms with van der Waals surface area (Å²) in [6, 6.07) is 8.26. The fourth-order valence-corrected chi connectivity index (χ4v) is 2.37. The van der Waals surface area contributed by atoms with Crippen LogP contribution in [0.3, 0.4) is 0 Å². The molecule has 0 spiro atoms. The van der Waals surface area contributed by atoms with Crippen LogP contribution >= 0.6 is 24.0 Å². The molecule has 1 aromatic heterocycles. The van der Waals surface area contributed by atoms with Crippen LogP contribution in [0.15, 0.2) is 33.7 Å². The number of para-hydroxylation sites is 1. The van der Waals surface area contributed by atoms with Gasteiger partial charge in [0, 0.05) is 30.6 Å². The zero-order chi connectivity index (χ0) is 15.9. The molecular weight excluding hydrogens is 405 g/mol. The van der Waals surface area contributed by atoms with Gasteiger partial charge in [-0.05, 0) is 26.8 Å². The smallest absolute Gasteiger partial charge is 0.191 e. The maximum atomic E-state index is 5.89. The van der Waals surface area contributed by atoms with Crippen molar-refractivity contribution in [1.82, 2.24) is 10.6 Å². The zero-order valence-electron chi connectivity index (χ0n) is 14.2. The van der Waals surface area contributed by atoms with Gasteiger partial charge < -0.3 is 19.8 Å². The van der Waals surface area contributed by atoms with Crippen molar-refractivity contribution in [2.45, 2.75) is 33.4 Å². The number of ether oxygens (including phenoxy) is 1. The molecule has 23 heavy (non-hydrogen) atoms. The first-order valence-corrected chi connectivity index (χ1v) is 7.66. The van der Waals surface area contributed by atoms with E-state index in [1.165, 1.54) is 0 Å². The van der Waals surface area contributed by atoms with E-state index in [0.717, 1.165) is 34.8 Å². The Labute approximate surface area is 154 Å². The molecule has 0 saturated heterocycles. The number of fused-ring (bicyclic) bond motifs is 1. The minimum atomic E-state index is 0. The lowest BCUT2D eigenvalue weighted by Crippen LogP contribution is -2.43. The SMILES string of the molecule is CCNC(=NCc1oc2ccccc2c1C)NC(C)COC.I. The van der Waals surface area contributed by atoms with Crippen LogP contribution in [0.2, 0.25) is 0 Å². The largest absolute Gasteiger partial charge is 0.459 e. The van der Waals surface area contributed by atoms with Gasteiger partial charge in [0.25, 0.3) is 0 Å². The fraction of sp³-hybridized carbons (Fsp3) is 0.471. The average Bonchev–Trinajstić information content (AvgIpc) is 2.82. The van der Waals surface area contributed by atoms with Gasteiger partial charge in [-0.2, -0.15) is 0 Å². The molecule has 1 atom stereocenters. The van der Waals surface area contributed by atoms with Crippen LogP contribution in [0.25, 0.3) is 11.0 Å². The van der Waals surface area contributed by atoms with E-state index in [1.54, 1.807) is 7.11 Å². The van der Waals surface area contributed by atoms with Gasteiger partial charge in [-0.1, -0.05) is 18.2 Å². The Hall–Kier alpha value is -1.28. The number of aryl methyl sites for hydroxylation is 1. The van der Waals surface area contributed by atoms with Gasteiger partial charge in [0.2, 0.25) is 0 Å². The first kappa shape index (κ1) is 19.8. The number of hydrogen-bond donors (Lipinski definition) is 2. The number of nitrogens with one attached hydrogen (secondary N) is 2. The summed E-state index contributed by atoms with van der Waals surface area (Å²) >= 11 is 0. The van der Waals surface area contributed by atoms with Gasteiger partial charge in [-0.25, -0.2) is 4.99 Å². The summed E-state index contributed by atoms with van der Waals surface area (Å²) in [5.41, 5.74) is 2.07. The molecule has 6 heteroatoms. The van der Waals surface area contributed by atoms with Crippen molar-refractivity contribution >= 4 is 40.9 Å². The summed E-state index contributed by atoms with van der Waals surface area (Å²) in [4.78, 5) is 4.61. The highest BCUT2D eigenvalue weighted by atomic mass is 127. The van der Waals surface area contributed by atoms with E-state index in [0.29, 0.717) is 13.2 Å². The lowest BCUT2D eigenvalue weighted by Gasteiger charge is -2.16. The van der Waals surface area contributed by atoms with Gasteiger partial charge in [-0.15, -0.1) is 24.0 Å². The van der Waals surface area contributed by atoms with Crippen molar-refractivity contribution < 1.29 is 9.15 Å². The van der Waals surface area contributed by atoms with E-state index in [4.69, 9.17) is 9.15 Å². The number of benzene rings is 1. The predicted molar refractivity (Wildman–Crippen MR) is 106 cm³/mol. The van der Waals surface area contributed by atoms with Gasteiger partial charge in [0.15, 0.2) is 5.96 Å². The molecule has 0 saturated carbocycles. The molecule has 0 aliphatic heterocycles. The molecule has 2 rings (SSSR count). The Morgan fingerprint density at radius 2 is 2.09 bits per heavy atom. The summed E-state index contributed by atoms with van der Waals surface area (Å²) in [5, 5.41) is 7.70. The number of furan rings is 1. The highest BCUT2D eigenvalue weighted by molar-refractivity contribution is 14.0. The second-order valence-electron chi connectivity index (χ2n) is 5.34. The molecule has 0 fully saturated rings. The molecule has 0 radical (unpaired) electrons.